The van der Waals surface area contributed by atoms with E-state index in [1.54, 1.807) is 0 Å². The van der Waals surface area contributed by atoms with Gasteiger partial charge in [-0.2, -0.15) is 0 Å². The predicted molar refractivity (Wildman–Crippen MR) is 94.8 cm³/mol. The van der Waals surface area contributed by atoms with E-state index < -0.39 is 0 Å². The lowest BCUT2D eigenvalue weighted by molar-refractivity contribution is -0.118. The summed E-state index contributed by atoms with van der Waals surface area (Å²) in [5.74, 6) is 0.0698. The standard InChI is InChI=1S/C19H21ClN2O/c1-2-21-13-14-4-3-5-17(12-14)22-18(23)19(10-11-19)15-6-8-16(20)9-7-15/h3-9,12,21H,2,10-11,13H2,1H3,(H,22,23). The molecule has 120 valence electrons. The Balaban J connectivity index is 1.73. The fraction of sp³-hybridized carbons (Fsp3) is 0.316. The van der Waals surface area contributed by atoms with E-state index in [1.807, 2.05) is 42.5 Å². The number of carbonyl (C=O) groups is 1. The van der Waals surface area contributed by atoms with E-state index in [0.29, 0.717) is 5.02 Å². The van der Waals surface area contributed by atoms with Gasteiger partial charge in [0.15, 0.2) is 0 Å². The Labute approximate surface area is 142 Å². The van der Waals surface area contributed by atoms with Crippen molar-refractivity contribution in [1.82, 2.24) is 5.32 Å². The number of carbonyl (C=O) groups excluding carboxylic acids is 1. The molecule has 0 radical (unpaired) electrons. The third-order valence-electron chi connectivity index (χ3n) is 4.35. The van der Waals surface area contributed by atoms with Gasteiger partial charge in [-0.05, 0) is 54.8 Å². The first kappa shape index (κ1) is 16.0. The van der Waals surface area contributed by atoms with Gasteiger partial charge in [-0.15, -0.1) is 0 Å². The maximum absolute atomic E-state index is 12.7. The van der Waals surface area contributed by atoms with Crippen molar-refractivity contribution in [2.24, 2.45) is 0 Å². The summed E-state index contributed by atoms with van der Waals surface area (Å²) in [6.45, 7) is 3.81. The monoisotopic (exact) mass is 328 g/mol. The lowest BCUT2D eigenvalue weighted by Gasteiger charge is -2.16. The Morgan fingerprint density at radius 2 is 1.91 bits per heavy atom. The number of benzene rings is 2. The highest BCUT2D eigenvalue weighted by Gasteiger charge is 2.51. The second-order valence-electron chi connectivity index (χ2n) is 6.02. The van der Waals surface area contributed by atoms with Crippen molar-refractivity contribution in [3.63, 3.8) is 0 Å². The fourth-order valence-electron chi connectivity index (χ4n) is 2.82. The van der Waals surface area contributed by atoms with Crippen LogP contribution in [0.1, 0.15) is 30.9 Å². The van der Waals surface area contributed by atoms with Crippen molar-refractivity contribution in [1.29, 1.82) is 0 Å². The normalized spacial score (nSPS) is 15.2. The summed E-state index contributed by atoms with van der Waals surface area (Å²) in [7, 11) is 0. The molecule has 0 spiro atoms. The van der Waals surface area contributed by atoms with Gasteiger partial charge in [0.1, 0.15) is 0 Å². The van der Waals surface area contributed by atoms with Crippen molar-refractivity contribution < 1.29 is 4.79 Å². The quantitative estimate of drug-likeness (QED) is 0.837. The first-order chi connectivity index (χ1) is 11.1. The zero-order valence-electron chi connectivity index (χ0n) is 13.2. The molecule has 0 aromatic heterocycles. The summed E-state index contributed by atoms with van der Waals surface area (Å²) < 4.78 is 0. The first-order valence-electron chi connectivity index (χ1n) is 8.01. The summed E-state index contributed by atoms with van der Waals surface area (Å²) in [4.78, 5) is 12.7. The summed E-state index contributed by atoms with van der Waals surface area (Å²) in [5.41, 5.74) is 2.68. The third-order valence-corrected chi connectivity index (χ3v) is 4.60. The molecule has 3 rings (SSSR count). The molecule has 1 saturated carbocycles. The van der Waals surface area contributed by atoms with Gasteiger partial charge in [-0.1, -0.05) is 42.8 Å². The van der Waals surface area contributed by atoms with Gasteiger partial charge in [-0.25, -0.2) is 0 Å². The summed E-state index contributed by atoms with van der Waals surface area (Å²) >= 11 is 5.94. The van der Waals surface area contributed by atoms with E-state index in [0.717, 1.165) is 37.2 Å². The second-order valence-corrected chi connectivity index (χ2v) is 6.46. The molecule has 2 N–H and O–H groups in total. The second kappa shape index (κ2) is 6.73. The Bertz CT molecular complexity index is 693. The Kier molecular flexibility index (Phi) is 4.69. The van der Waals surface area contributed by atoms with Gasteiger partial charge in [-0.3, -0.25) is 4.79 Å². The number of nitrogens with one attached hydrogen (secondary N) is 2. The Morgan fingerprint density at radius 3 is 2.57 bits per heavy atom. The summed E-state index contributed by atoms with van der Waals surface area (Å²) in [6, 6.07) is 15.6. The van der Waals surface area contributed by atoms with Gasteiger partial charge < -0.3 is 10.6 Å². The van der Waals surface area contributed by atoms with Gasteiger partial charge in [0.05, 0.1) is 5.41 Å². The highest BCUT2D eigenvalue weighted by atomic mass is 35.5. The van der Waals surface area contributed by atoms with Gasteiger partial charge >= 0.3 is 0 Å². The van der Waals surface area contributed by atoms with Crippen LogP contribution >= 0.6 is 11.6 Å². The van der Waals surface area contributed by atoms with Crippen LogP contribution in [-0.2, 0) is 16.8 Å². The molecule has 0 heterocycles. The molecule has 1 amide bonds. The van der Waals surface area contributed by atoms with Gasteiger partial charge in [0.25, 0.3) is 0 Å². The molecule has 23 heavy (non-hydrogen) atoms. The molecule has 0 saturated heterocycles. The lowest BCUT2D eigenvalue weighted by atomic mass is 9.95. The van der Waals surface area contributed by atoms with E-state index in [4.69, 9.17) is 11.6 Å². The van der Waals surface area contributed by atoms with E-state index in [9.17, 15) is 4.79 Å². The highest BCUT2D eigenvalue weighted by molar-refractivity contribution is 6.30. The van der Waals surface area contributed by atoms with Crippen LogP contribution in [0.15, 0.2) is 48.5 Å². The minimum absolute atomic E-state index is 0.0698. The summed E-state index contributed by atoms with van der Waals surface area (Å²) in [5, 5.41) is 7.06. The summed E-state index contributed by atoms with van der Waals surface area (Å²) in [6.07, 6.45) is 1.77. The zero-order chi connectivity index (χ0) is 16.3. The zero-order valence-corrected chi connectivity index (χ0v) is 14.0. The number of halogens is 1. The third kappa shape index (κ3) is 3.57. The molecule has 2 aromatic rings. The van der Waals surface area contributed by atoms with Crippen LogP contribution in [0.25, 0.3) is 0 Å². The van der Waals surface area contributed by atoms with E-state index in [1.165, 1.54) is 5.56 Å². The molecule has 0 atom stereocenters. The maximum atomic E-state index is 12.7. The number of hydrogen-bond acceptors (Lipinski definition) is 2. The Hall–Kier alpha value is -1.84. The molecule has 1 aliphatic carbocycles. The molecular weight excluding hydrogens is 308 g/mol. The molecule has 3 nitrogen and oxygen atoms in total. The average molecular weight is 329 g/mol. The molecule has 1 fully saturated rings. The molecule has 0 aliphatic heterocycles. The van der Waals surface area contributed by atoms with Crippen LogP contribution in [0.5, 0.6) is 0 Å². The van der Waals surface area contributed by atoms with E-state index >= 15 is 0 Å². The average Bonchev–Trinajstić information content (AvgIpc) is 3.36. The number of rotatable bonds is 6. The Morgan fingerprint density at radius 1 is 1.17 bits per heavy atom. The SMILES string of the molecule is CCNCc1cccc(NC(=O)C2(c3ccc(Cl)cc3)CC2)c1. The van der Waals surface area contributed by atoms with Crippen LogP contribution in [0, 0.1) is 0 Å². The lowest BCUT2D eigenvalue weighted by Crippen LogP contribution is -2.27. The van der Waals surface area contributed by atoms with Crippen molar-refractivity contribution in [3.05, 3.63) is 64.7 Å². The van der Waals surface area contributed by atoms with Crippen LogP contribution in [0.4, 0.5) is 5.69 Å². The van der Waals surface area contributed by atoms with Gasteiger partial charge in [0, 0.05) is 17.3 Å². The minimum atomic E-state index is -0.387. The van der Waals surface area contributed by atoms with Crippen LogP contribution in [-0.4, -0.2) is 12.5 Å². The molecule has 4 heteroatoms. The molecule has 2 aromatic carbocycles. The van der Waals surface area contributed by atoms with Crippen LogP contribution in [0.2, 0.25) is 5.02 Å². The fourth-order valence-corrected chi connectivity index (χ4v) is 2.95. The van der Waals surface area contributed by atoms with Crippen molar-refractivity contribution >= 4 is 23.2 Å². The van der Waals surface area contributed by atoms with Crippen molar-refractivity contribution in [2.45, 2.75) is 31.7 Å². The largest absolute Gasteiger partial charge is 0.325 e. The molecular formula is C19H21ClN2O. The van der Waals surface area contributed by atoms with Crippen molar-refractivity contribution in [2.75, 3.05) is 11.9 Å². The van der Waals surface area contributed by atoms with E-state index in [-0.39, 0.29) is 11.3 Å². The number of hydrogen-bond donors (Lipinski definition) is 2. The first-order valence-corrected chi connectivity index (χ1v) is 8.39. The van der Waals surface area contributed by atoms with Crippen LogP contribution < -0.4 is 10.6 Å². The molecule has 0 unspecified atom stereocenters. The van der Waals surface area contributed by atoms with Crippen molar-refractivity contribution in [3.8, 4) is 0 Å². The highest BCUT2D eigenvalue weighted by Crippen LogP contribution is 2.49. The topological polar surface area (TPSA) is 41.1 Å². The maximum Gasteiger partial charge on any atom is 0.235 e. The van der Waals surface area contributed by atoms with Gasteiger partial charge in [0.2, 0.25) is 5.91 Å². The predicted octanol–water partition coefficient (Wildman–Crippen LogP) is 4.12. The number of anilines is 1. The minimum Gasteiger partial charge on any atom is -0.325 e. The smallest absolute Gasteiger partial charge is 0.235 e. The van der Waals surface area contributed by atoms with Crippen LogP contribution in [0.3, 0.4) is 0 Å². The molecule has 0 bridgehead atoms. The molecule has 1 aliphatic rings. The number of amides is 1. The van der Waals surface area contributed by atoms with E-state index in [2.05, 4.69) is 23.6 Å².